The maximum absolute atomic E-state index is 6.02. The van der Waals surface area contributed by atoms with Crippen LogP contribution in [-0.2, 0) is 13.1 Å². The predicted molar refractivity (Wildman–Crippen MR) is 63.5 cm³/mol. The molecule has 0 fully saturated rings. The van der Waals surface area contributed by atoms with Gasteiger partial charge in [0, 0.05) is 29.2 Å². The van der Waals surface area contributed by atoms with E-state index in [4.69, 9.17) is 27.7 Å². The lowest BCUT2D eigenvalue weighted by Gasteiger charge is -2.05. The Morgan fingerprint density at radius 1 is 1.19 bits per heavy atom. The van der Waals surface area contributed by atoms with Gasteiger partial charge < -0.3 is 9.84 Å². The molecule has 0 saturated heterocycles. The molecule has 0 amide bonds. The van der Waals surface area contributed by atoms with Crippen LogP contribution in [0, 0.1) is 0 Å². The minimum absolute atomic E-state index is 0.638. The van der Waals surface area contributed by atoms with E-state index in [1.165, 1.54) is 0 Å². The van der Waals surface area contributed by atoms with Gasteiger partial charge >= 0.3 is 0 Å². The maximum Gasteiger partial charge on any atom is 0.124 e. The summed E-state index contributed by atoms with van der Waals surface area (Å²) in [4.78, 5) is 0. The van der Waals surface area contributed by atoms with Gasteiger partial charge in [-0.2, -0.15) is 0 Å². The predicted octanol–water partition coefficient (Wildman–Crippen LogP) is 3.27. The first-order chi connectivity index (χ1) is 7.75. The SMILES string of the molecule is Clc1ccc(Cl)c(CNCc2ccon2)c1. The van der Waals surface area contributed by atoms with Gasteiger partial charge in [0.1, 0.15) is 6.26 Å². The van der Waals surface area contributed by atoms with Crippen molar-refractivity contribution in [1.82, 2.24) is 10.5 Å². The van der Waals surface area contributed by atoms with E-state index in [1.54, 1.807) is 18.4 Å². The Balaban J connectivity index is 1.92. The van der Waals surface area contributed by atoms with Crippen molar-refractivity contribution < 1.29 is 4.52 Å². The molecule has 0 unspecified atom stereocenters. The van der Waals surface area contributed by atoms with E-state index in [0.717, 1.165) is 11.3 Å². The lowest BCUT2D eigenvalue weighted by Crippen LogP contribution is -2.13. The maximum atomic E-state index is 6.02. The number of hydrogen-bond donors (Lipinski definition) is 1. The quantitative estimate of drug-likeness (QED) is 0.913. The van der Waals surface area contributed by atoms with Gasteiger partial charge in [-0.15, -0.1) is 0 Å². The monoisotopic (exact) mass is 256 g/mol. The van der Waals surface area contributed by atoms with Crippen molar-refractivity contribution in [3.05, 3.63) is 51.8 Å². The molecule has 1 N–H and O–H groups in total. The summed E-state index contributed by atoms with van der Waals surface area (Å²) in [6.07, 6.45) is 1.55. The lowest BCUT2D eigenvalue weighted by atomic mass is 10.2. The molecule has 0 spiro atoms. The Kier molecular flexibility index (Phi) is 3.83. The van der Waals surface area contributed by atoms with Crippen LogP contribution in [0.2, 0.25) is 10.0 Å². The zero-order chi connectivity index (χ0) is 11.4. The van der Waals surface area contributed by atoms with E-state index in [9.17, 15) is 0 Å². The molecular formula is C11H10Cl2N2O. The minimum atomic E-state index is 0.638. The van der Waals surface area contributed by atoms with Crippen molar-refractivity contribution in [2.75, 3.05) is 0 Å². The minimum Gasteiger partial charge on any atom is -0.364 e. The van der Waals surface area contributed by atoms with Crippen LogP contribution >= 0.6 is 23.2 Å². The average molecular weight is 257 g/mol. The molecule has 0 radical (unpaired) electrons. The van der Waals surface area contributed by atoms with E-state index in [1.807, 2.05) is 12.1 Å². The van der Waals surface area contributed by atoms with E-state index in [-0.39, 0.29) is 0 Å². The van der Waals surface area contributed by atoms with Gasteiger partial charge in [-0.1, -0.05) is 28.4 Å². The summed E-state index contributed by atoms with van der Waals surface area (Å²) in [5.74, 6) is 0. The molecular weight excluding hydrogens is 247 g/mol. The first-order valence-corrected chi connectivity index (χ1v) is 5.55. The smallest absolute Gasteiger partial charge is 0.124 e. The second-order valence-electron chi connectivity index (χ2n) is 3.33. The average Bonchev–Trinajstić information content (AvgIpc) is 2.76. The zero-order valence-corrected chi connectivity index (χ0v) is 9.92. The van der Waals surface area contributed by atoms with Crippen molar-refractivity contribution in [2.24, 2.45) is 0 Å². The van der Waals surface area contributed by atoms with E-state index < -0.39 is 0 Å². The summed E-state index contributed by atoms with van der Waals surface area (Å²) in [5.41, 5.74) is 1.83. The van der Waals surface area contributed by atoms with Crippen molar-refractivity contribution in [1.29, 1.82) is 0 Å². The number of nitrogens with zero attached hydrogens (tertiary/aromatic N) is 1. The lowest BCUT2D eigenvalue weighted by molar-refractivity contribution is 0.408. The fraction of sp³-hybridized carbons (Fsp3) is 0.182. The molecule has 2 aromatic rings. The largest absolute Gasteiger partial charge is 0.364 e. The summed E-state index contributed by atoms with van der Waals surface area (Å²) in [7, 11) is 0. The molecule has 5 heteroatoms. The molecule has 84 valence electrons. The van der Waals surface area contributed by atoms with Gasteiger partial charge in [0.15, 0.2) is 0 Å². The van der Waals surface area contributed by atoms with Gasteiger partial charge in [-0.05, 0) is 23.8 Å². The normalized spacial score (nSPS) is 10.6. The summed E-state index contributed by atoms with van der Waals surface area (Å²) >= 11 is 11.9. The highest BCUT2D eigenvalue weighted by Crippen LogP contribution is 2.20. The molecule has 0 aliphatic carbocycles. The van der Waals surface area contributed by atoms with Crippen LogP contribution in [0.4, 0.5) is 0 Å². The summed E-state index contributed by atoms with van der Waals surface area (Å²) in [6.45, 7) is 1.28. The number of benzene rings is 1. The van der Waals surface area contributed by atoms with Crippen molar-refractivity contribution in [3.63, 3.8) is 0 Å². The Morgan fingerprint density at radius 2 is 2.06 bits per heavy atom. The summed E-state index contributed by atoms with van der Waals surface area (Å²) in [6, 6.07) is 7.22. The summed E-state index contributed by atoms with van der Waals surface area (Å²) < 4.78 is 4.72. The second kappa shape index (κ2) is 5.34. The molecule has 0 bridgehead atoms. The van der Waals surface area contributed by atoms with Gasteiger partial charge in [0.25, 0.3) is 0 Å². The van der Waals surface area contributed by atoms with Crippen LogP contribution < -0.4 is 5.32 Å². The third kappa shape index (κ3) is 2.98. The van der Waals surface area contributed by atoms with Gasteiger partial charge in [-0.3, -0.25) is 0 Å². The standard InChI is InChI=1S/C11H10Cl2N2O/c12-9-1-2-11(13)8(5-9)6-14-7-10-3-4-16-15-10/h1-5,14H,6-7H2. The second-order valence-corrected chi connectivity index (χ2v) is 4.17. The van der Waals surface area contributed by atoms with Crippen LogP contribution in [0.5, 0.6) is 0 Å². The number of halogens is 2. The molecule has 2 rings (SSSR count). The van der Waals surface area contributed by atoms with E-state index in [0.29, 0.717) is 23.1 Å². The Labute approximate surface area is 103 Å². The third-order valence-corrected chi connectivity index (χ3v) is 2.72. The Bertz CT molecular complexity index is 457. The van der Waals surface area contributed by atoms with Crippen molar-refractivity contribution in [2.45, 2.75) is 13.1 Å². The summed E-state index contributed by atoms with van der Waals surface area (Å²) in [5, 5.41) is 8.39. The highest BCUT2D eigenvalue weighted by molar-refractivity contribution is 6.33. The van der Waals surface area contributed by atoms with Crippen LogP contribution in [0.15, 0.2) is 35.1 Å². The molecule has 1 aromatic heterocycles. The van der Waals surface area contributed by atoms with Crippen molar-refractivity contribution >= 4 is 23.2 Å². The zero-order valence-electron chi connectivity index (χ0n) is 8.41. The number of hydrogen-bond acceptors (Lipinski definition) is 3. The number of nitrogens with one attached hydrogen (secondary N) is 1. The Morgan fingerprint density at radius 3 is 2.81 bits per heavy atom. The van der Waals surface area contributed by atoms with Crippen LogP contribution in [0.1, 0.15) is 11.3 Å². The number of rotatable bonds is 4. The van der Waals surface area contributed by atoms with Gasteiger partial charge in [0.05, 0.1) is 5.69 Å². The topological polar surface area (TPSA) is 38.1 Å². The first kappa shape index (κ1) is 11.5. The highest BCUT2D eigenvalue weighted by Gasteiger charge is 2.02. The van der Waals surface area contributed by atoms with E-state index in [2.05, 4.69) is 10.5 Å². The van der Waals surface area contributed by atoms with E-state index >= 15 is 0 Å². The molecule has 0 atom stereocenters. The van der Waals surface area contributed by atoms with Crippen LogP contribution in [0.25, 0.3) is 0 Å². The molecule has 0 aliphatic heterocycles. The highest BCUT2D eigenvalue weighted by atomic mass is 35.5. The van der Waals surface area contributed by atoms with Crippen LogP contribution in [-0.4, -0.2) is 5.16 Å². The fourth-order valence-corrected chi connectivity index (χ4v) is 1.71. The molecule has 0 aliphatic rings. The molecule has 1 heterocycles. The third-order valence-electron chi connectivity index (χ3n) is 2.12. The van der Waals surface area contributed by atoms with Gasteiger partial charge in [0.2, 0.25) is 0 Å². The molecule has 0 saturated carbocycles. The Hall–Kier alpha value is -1.03. The number of aromatic nitrogens is 1. The molecule has 1 aromatic carbocycles. The van der Waals surface area contributed by atoms with Crippen LogP contribution in [0.3, 0.4) is 0 Å². The molecule has 16 heavy (non-hydrogen) atoms. The molecule has 3 nitrogen and oxygen atoms in total. The first-order valence-electron chi connectivity index (χ1n) is 4.79. The fourth-order valence-electron chi connectivity index (χ4n) is 1.33. The van der Waals surface area contributed by atoms with Crippen molar-refractivity contribution in [3.8, 4) is 0 Å². The van der Waals surface area contributed by atoms with Gasteiger partial charge in [-0.25, -0.2) is 0 Å².